The van der Waals surface area contributed by atoms with E-state index in [9.17, 15) is 5.11 Å². The SMILES string of the molecule is Cc1nc2c(c(N3C[C@@H](O)[C@H](N(C)C)C3)n1)CCNCC2. The van der Waals surface area contributed by atoms with E-state index in [0.29, 0.717) is 6.54 Å². The molecule has 6 heteroatoms. The maximum absolute atomic E-state index is 10.3. The highest BCUT2D eigenvalue weighted by Crippen LogP contribution is 2.27. The van der Waals surface area contributed by atoms with Crippen molar-refractivity contribution >= 4 is 5.82 Å². The van der Waals surface area contributed by atoms with Gasteiger partial charge < -0.3 is 20.2 Å². The van der Waals surface area contributed by atoms with Gasteiger partial charge in [-0.15, -0.1) is 0 Å². The van der Waals surface area contributed by atoms with Gasteiger partial charge in [0.25, 0.3) is 0 Å². The van der Waals surface area contributed by atoms with Gasteiger partial charge in [-0.05, 0) is 34.0 Å². The Morgan fingerprint density at radius 3 is 2.67 bits per heavy atom. The number of aryl methyl sites for hydroxylation is 1. The molecule has 0 saturated carbocycles. The van der Waals surface area contributed by atoms with Crippen LogP contribution in [-0.2, 0) is 12.8 Å². The molecule has 21 heavy (non-hydrogen) atoms. The molecule has 2 N–H and O–H groups in total. The van der Waals surface area contributed by atoms with E-state index in [2.05, 4.69) is 20.1 Å². The van der Waals surface area contributed by atoms with E-state index in [-0.39, 0.29) is 12.1 Å². The second-order valence-electron chi connectivity index (χ2n) is 6.27. The van der Waals surface area contributed by atoms with Crippen molar-refractivity contribution in [2.75, 3.05) is 45.2 Å². The van der Waals surface area contributed by atoms with Crippen molar-refractivity contribution in [1.82, 2.24) is 20.2 Å². The molecule has 0 amide bonds. The lowest BCUT2D eigenvalue weighted by atomic mass is 10.1. The summed E-state index contributed by atoms with van der Waals surface area (Å²) >= 11 is 0. The van der Waals surface area contributed by atoms with Gasteiger partial charge in [-0.3, -0.25) is 0 Å². The van der Waals surface area contributed by atoms with Crippen LogP contribution in [0, 0.1) is 6.92 Å². The number of anilines is 1. The van der Waals surface area contributed by atoms with Crippen LogP contribution in [0.2, 0.25) is 0 Å². The van der Waals surface area contributed by atoms with Crippen molar-refractivity contribution in [3.8, 4) is 0 Å². The number of hydrogen-bond donors (Lipinski definition) is 2. The first-order valence-electron chi connectivity index (χ1n) is 7.73. The average molecular weight is 291 g/mol. The van der Waals surface area contributed by atoms with Crippen LogP contribution in [0.1, 0.15) is 17.1 Å². The van der Waals surface area contributed by atoms with Crippen molar-refractivity contribution in [2.24, 2.45) is 0 Å². The second-order valence-corrected chi connectivity index (χ2v) is 6.27. The lowest BCUT2D eigenvalue weighted by Crippen LogP contribution is -2.38. The Morgan fingerprint density at radius 2 is 1.95 bits per heavy atom. The smallest absolute Gasteiger partial charge is 0.135 e. The van der Waals surface area contributed by atoms with Gasteiger partial charge in [0.05, 0.1) is 17.8 Å². The zero-order valence-corrected chi connectivity index (χ0v) is 13.1. The molecule has 1 aromatic rings. The fraction of sp³-hybridized carbons (Fsp3) is 0.733. The van der Waals surface area contributed by atoms with Crippen molar-refractivity contribution in [1.29, 1.82) is 0 Å². The second kappa shape index (κ2) is 5.87. The summed E-state index contributed by atoms with van der Waals surface area (Å²) < 4.78 is 0. The van der Waals surface area contributed by atoms with Crippen molar-refractivity contribution in [3.05, 3.63) is 17.1 Å². The number of hydrogen-bond acceptors (Lipinski definition) is 6. The molecule has 3 heterocycles. The number of likely N-dealkylation sites (N-methyl/N-ethyl adjacent to an activating group) is 1. The molecule has 2 atom stereocenters. The number of nitrogens with zero attached hydrogens (tertiary/aromatic N) is 4. The minimum absolute atomic E-state index is 0.167. The Kier molecular flexibility index (Phi) is 4.10. The molecule has 0 unspecified atom stereocenters. The third-order valence-corrected chi connectivity index (χ3v) is 4.49. The molecule has 2 aliphatic rings. The largest absolute Gasteiger partial charge is 0.390 e. The minimum atomic E-state index is -0.324. The van der Waals surface area contributed by atoms with Crippen LogP contribution in [-0.4, -0.2) is 72.4 Å². The van der Waals surface area contributed by atoms with E-state index >= 15 is 0 Å². The average Bonchev–Trinajstić information content (AvgIpc) is 2.66. The fourth-order valence-electron chi connectivity index (χ4n) is 3.36. The molecule has 3 rings (SSSR count). The minimum Gasteiger partial charge on any atom is -0.390 e. The normalized spacial score (nSPS) is 26.0. The topological polar surface area (TPSA) is 64.5 Å². The summed E-state index contributed by atoms with van der Waals surface area (Å²) in [6, 6.07) is 0.167. The highest BCUT2D eigenvalue weighted by molar-refractivity contribution is 5.51. The van der Waals surface area contributed by atoms with Gasteiger partial charge in [-0.25, -0.2) is 9.97 Å². The molecular formula is C15H25N5O. The van der Waals surface area contributed by atoms with Crippen LogP contribution < -0.4 is 10.2 Å². The van der Waals surface area contributed by atoms with Gasteiger partial charge in [-0.2, -0.15) is 0 Å². The van der Waals surface area contributed by atoms with Gasteiger partial charge in [0.15, 0.2) is 0 Å². The summed E-state index contributed by atoms with van der Waals surface area (Å²) in [7, 11) is 4.04. The quantitative estimate of drug-likeness (QED) is 0.772. The summed E-state index contributed by atoms with van der Waals surface area (Å²) in [5.74, 6) is 1.86. The van der Waals surface area contributed by atoms with Crippen LogP contribution >= 0.6 is 0 Å². The van der Waals surface area contributed by atoms with Gasteiger partial charge in [0.1, 0.15) is 11.6 Å². The summed E-state index contributed by atoms with van der Waals surface area (Å²) in [5, 5.41) is 13.7. The maximum atomic E-state index is 10.3. The Bertz CT molecular complexity index is 519. The number of β-amino-alcohol motifs (C(OH)–C–C–N with tert-alkyl or cyclic N) is 1. The highest BCUT2D eigenvalue weighted by atomic mass is 16.3. The zero-order chi connectivity index (χ0) is 15.0. The monoisotopic (exact) mass is 291 g/mol. The number of rotatable bonds is 2. The maximum Gasteiger partial charge on any atom is 0.135 e. The molecule has 6 nitrogen and oxygen atoms in total. The molecule has 1 fully saturated rings. The first kappa shape index (κ1) is 14.7. The molecule has 0 aromatic carbocycles. The third kappa shape index (κ3) is 2.88. The Morgan fingerprint density at radius 1 is 1.19 bits per heavy atom. The predicted molar refractivity (Wildman–Crippen MR) is 82.7 cm³/mol. The van der Waals surface area contributed by atoms with Crippen LogP contribution in [0.15, 0.2) is 0 Å². The molecule has 0 radical (unpaired) electrons. The zero-order valence-electron chi connectivity index (χ0n) is 13.1. The molecule has 0 spiro atoms. The van der Waals surface area contributed by atoms with E-state index in [1.54, 1.807) is 0 Å². The summed E-state index contributed by atoms with van der Waals surface area (Å²) in [5.41, 5.74) is 2.43. The van der Waals surface area contributed by atoms with Crippen LogP contribution in [0.25, 0.3) is 0 Å². The Labute approximate surface area is 126 Å². The van der Waals surface area contributed by atoms with E-state index in [0.717, 1.165) is 44.1 Å². The number of nitrogens with one attached hydrogen (secondary N) is 1. The van der Waals surface area contributed by atoms with Crippen molar-refractivity contribution < 1.29 is 5.11 Å². The summed E-state index contributed by atoms with van der Waals surface area (Å²) in [6.07, 6.45) is 1.60. The Balaban J connectivity index is 1.94. The van der Waals surface area contributed by atoms with Gasteiger partial charge in [0.2, 0.25) is 0 Å². The lowest BCUT2D eigenvalue weighted by molar-refractivity contribution is 0.114. The van der Waals surface area contributed by atoms with Crippen LogP contribution in [0.3, 0.4) is 0 Å². The van der Waals surface area contributed by atoms with Gasteiger partial charge in [0, 0.05) is 31.6 Å². The van der Waals surface area contributed by atoms with Crippen LogP contribution in [0.4, 0.5) is 5.82 Å². The molecular weight excluding hydrogens is 266 g/mol. The third-order valence-electron chi connectivity index (χ3n) is 4.49. The predicted octanol–water partition coefficient (Wildman–Crippen LogP) is -0.416. The molecule has 2 aliphatic heterocycles. The molecule has 1 aromatic heterocycles. The van der Waals surface area contributed by atoms with Gasteiger partial charge >= 0.3 is 0 Å². The first-order valence-corrected chi connectivity index (χ1v) is 7.73. The van der Waals surface area contributed by atoms with Gasteiger partial charge in [-0.1, -0.05) is 0 Å². The number of aromatic nitrogens is 2. The Hall–Kier alpha value is -1.24. The van der Waals surface area contributed by atoms with Crippen molar-refractivity contribution in [3.63, 3.8) is 0 Å². The van der Waals surface area contributed by atoms with Crippen molar-refractivity contribution in [2.45, 2.75) is 31.9 Å². The highest BCUT2D eigenvalue weighted by Gasteiger charge is 2.35. The first-order chi connectivity index (χ1) is 10.1. The number of aliphatic hydroxyl groups is 1. The van der Waals surface area contributed by atoms with E-state index in [1.165, 1.54) is 11.3 Å². The molecule has 116 valence electrons. The molecule has 1 saturated heterocycles. The van der Waals surface area contributed by atoms with E-state index < -0.39 is 0 Å². The van der Waals surface area contributed by atoms with E-state index in [4.69, 9.17) is 4.98 Å². The lowest BCUT2D eigenvalue weighted by Gasteiger charge is -2.23. The fourth-order valence-corrected chi connectivity index (χ4v) is 3.36. The standard InChI is InChI=1S/C15H25N5O/c1-10-17-12-5-7-16-6-4-11(12)15(18-10)20-8-13(19(2)3)14(21)9-20/h13-14,16,21H,4-9H2,1-3H3/t13-,14-/m1/s1. The summed E-state index contributed by atoms with van der Waals surface area (Å²) in [4.78, 5) is 13.7. The molecule has 0 bridgehead atoms. The number of fused-ring (bicyclic) bond motifs is 1. The van der Waals surface area contributed by atoms with Crippen LogP contribution in [0.5, 0.6) is 0 Å². The van der Waals surface area contributed by atoms with E-state index in [1.807, 2.05) is 21.0 Å². The molecule has 0 aliphatic carbocycles. The summed E-state index contributed by atoms with van der Waals surface area (Å²) in [6.45, 7) is 5.38. The number of aliphatic hydroxyl groups excluding tert-OH is 1.